The van der Waals surface area contributed by atoms with Crippen LogP contribution in [0.3, 0.4) is 0 Å². The molecule has 0 spiro atoms. The molecule has 2 aromatic carbocycles. The number of nitrogens with zero attached hydrogens (tertiary/aromatic N) is 1. The summed E-state index contributed by atoms with van der Waals surface area (Å²) in [5.74, 6) is -1.44. The Hall–Kier alpha value is -2.70. The molecule has 2 aromatic rings. The Morgan fingerprint density at radius 3 is 2.15 bits per heavy atom. The van der Waals surface area contributed by atoms with E-state index in [2.05, 4.69) is 58.7 Å². The lowest BCUT2D eigenvalue weighted by Gasteiger charge is -2.59. The van der Waals surface area contributed by atoms with E-state index in [1.54, 1.807) is 0 Å². The molecule has 5 atom stereocenters. The van der Waals surface area contributed by atoms with Gasteiger partial charge in [0.1, 0.15) is 12.2 Å². The van der Waals surface area contributed by atoms with E-state index < -0.39 is 11.9 Å². The van der Waals surface area contributed by atoms with Crippen LogP contribution in [0.1, 0.15) is 93.2 Å². The largest absolute Gasteiger partial charge is 0.478 e. The number of hydrogen-bond acceptors (Lipinski definition) is 5. The van der Waals surface area contributed by atoms with Crippen LogP contribution in [0.2, 0.25) is 0 Å². The summed E-state index contributed by atoms with van der Waals surface area (Å²) in [7, 11) is 0. The molecule has 1 heterocycles. The van der Waals surface area contributed by atoms with E-state index in [4.69, 9.17) is 14.7 Å². The van der Waals surface area contributed by atoms with Crippen LogP contribution < -0.4 is 0 Å². The first-order valence-electron chi connectivity index (χ1n) is 12.1. The minimum atomic E-state index is -1.02. The summed E-state index contributed by atoms with van der Waals surface area (Å²) < 4.78 is 6.05. The number of carbonyl (C=O) groups is 2. The third-order valence-electron chi connectivity index (χ3n) is 7.77. The Labute approximate surface area is 202 Å². The van der Waals surface area contributed by atoms with Gasteiger partial charge in [-0.15, -0.1) is 0 Å². The number of rotatable bonds is 8. The van der Waals surface area contributed by atoms with E-state index in [9.17, 15) is 9.59 Å². The quantitative estimate of drug-likeness (QED) is 0.460. The van der Waals surface area contributed by atoms with E-state index in [1.807, 2.05) is 18.2 Å². The van der Waals surface area contributed by atoms with Crippen molar-refractivity contribution in [2.75, 3.05) is 0 Å². The number of piperidine rings is 1. The van der Waals surface area contributed by atoms with Crippen LogP contribution in [0.4, 0.5) is 0 Å². The standard InChI is InChI=1S/C28H37NO5/c1-7-27(5)18-24(33-26(32)23-16-14-22(15-17-23)25(30)31)19(3)28(6,8-2)29(27)34-20(4)21-12-10-9-11-13-21/h9-17,19-20,24H,7-8,18H2,1-6H3,(H,30,31). The second-order valence-corrected chi connectivity index (χ2v) is 9.83. The number of benzene rings is 2. The highest BCUT2D eigenvalue weighted by atomic mass is 16.7. The van der Waals surface area contributed by atoms with Crippen LogP contribution >= 0.6 is 0 Å². The first kappa shape index (κ1) is 25.9. The first-order valence-corrected chi connectivity index (χ1v) is 12.1. The number of hydrogen-bond donors (Lipinski definition) is 1. The molecule has 0 radical (unpaired) electrons. The first-order chi connectivity index (χ1) is 16.1. The summed E-state index contributed by atoms with van der Waals surface area (Å²) in [4.78, 5) is 30.8. The Bertz CT molecular complexity index is 992. The lowest BCUT2D eigenvalue weighted by Crippen LogP contribution is -2.68. The molecule has 1 aliphatic rings. The van der Waals surface area contributed by atoms with Crippen molar-refractivity contribution < 1.29 is 24.3 Å². The molecule has 1 saturated heterocycles. The zero-order chi connectivity index (χ0) is 25.1. The maximum atomic E-state index is 13.0. The van der Waals surface area contributed by atoms with Crippen LogP contribution in [0.15, 0.2) is 54.6 Å². The maximum Gasteiger partial charge on any atom is 0.338 e. The summed E-state index contributed by atoms with van der Waals surface area (Å²) >= 11 is 0. The van der Waals surface area contributed by atoms with Crippen molar-refractivity contribution in [2.45, 2.75) is 84.1 Å². The molecule has 3 rings (SSSR count). The number of carboxylic acids is 1. The fourth-order valence-electron chi connectivity index (χ4n) is 4.94. The normalized spacial score (nSPS) is 28.3. The maximum absolute atomic E-state index is 13.0. The SMILES string of the molecule is CCC1(C)CC(OC(=O)c2ccc(C(=O)O)cc2)C(C)C(C)(CC)N1OC(C)c1ccccc1. The van der Waals surface area contributed by atoms with Gasteiger partial charge in [-0.2, -0.15) is 5.06 Å². The second kappa shape index (κ2) is 10.3. The third kappa shape index (κ3) is 5.03. The van der Waals surface area contributed by atoms with E-state index in [0.717, 1.165) is 18.4 Å². The Morgan fingerprint density at radius 1 is 1.03 bits per heavy atom. The van der Waals surface area contributed by atoms with Crippen molar-refractivity contribution in [3.8, 4) is 0 Å². The van der Waals surface area contributed by atoms with Gasteiger partial charge in [-0.25, -0.2) is 9.59 Å². The summed E-state index contributed by atoms with van der Waals surface area (Å²) in [5, 5.41) is 11.3. The van der Waals surface area contributed by atoms with Crippen LogP contribution in [0, 0.1) is 5.92 Å². The van der Waals surface area contributed by atoms with Crippen molar-refractivity contribution in [3.63, 3.8) is 0 Å². The number of ether oxygens (including phenoxy) is 1. The van der Waals surface area contributed by atoms with Crippen molar-refractivity contribution in [1.82, 2.24) is 5.06 Å². The van der Waals surface area contributed by atoms with Crippen LogP contribution in [0.25, 0.3) is 0 Å². The highest BCUT2D eigenvalue weighted by molar-refractivity contribution is 5.92. The minimum Gasteiger partial charge on any atom is -0.478 e. The van der Waals surface area contributed by atoms with Crippen molar-refractivity contribution in [1.29, 1.82) is 0 Å². The molecule has 6 nitrogen and oxygen atoms in total. The predicted molar refractivity (Wildman–Crippen MR) is 132 cm³/mol. The molecular formula is C28H37NO5. The molecule has 1 aliphatic heterocycles. The van der Waals surface area contributed by atoms with E-state index in [0.29, 0.717) is 12.0 Å². The van der Waals surface area contributed by atoms with Gasteiger partial charge < -0.3 is 9.84 Å². The number of hydroxylamine groups is 2. The van der Waals surface area contributed by atoms with E-state index in [-0.39, 0.29) is 34.8 Å². The van der Waals surface area contributed by atoms with Gasteiger partial charge in [0.2, 0.25) is 0 Å². The predicted octanol–water partition coefficient (Wildman–Crippen LogP) is 6.28. The van der Waals surface area contributed by atoms with Crippen LogP contribution in [-0.4, -0.2) is 39.3 Å². The summed E-state index contributed by atoms with van der Waals surface area (Å²) in [6, 6.07) is 16.1. The van der Waals surface area contributed by atoms with Gasteiger partial charge in [0.15, 0.2) is 0 Å². The topological polar surface area (TPSA) is 76.1 Å². The minimum absolute atomic E-state index is 0.0161. The Kier molecular flexibility index (Phi) is 7.84. The monoisotopic (exact) mass is 467 g/mol. The average molecular weight is 468 g/mol. The van der Waals surface area contributed by atoms with Crippen molar-refractivity contribution in [2.24, 2.45) is 5.92 Å². The lowest BCUT2D eigenvalue weighted by molar-refractivity contribution is -0.335. The molecular weight excluding hydrogens is 430 g/mol. The zero-order valence-electron chi connectivity index (χ0n) is 21.1. The molecule has 5 unspecified atom stereocenters. The molecule has 184 valence electrons. The summed E-state index contributed by atoms with van der Waals surface area (Å²) in [6.07, 6.45) is 1.89. The van der Waals surface area contributed by atoms with Gasteiger partial charge in [0.25, 0.3) is 0 Å². The van der Waals surface area contributed by atoms with Crippen LogP contribution in [-0.2, 0) is 9.57 Å². The van der Waals surface area contributed by atoms with Crippen molar-refractivity contribution >= 4 is 11.9 Å². The summed E-state index contributed by atoms with van der Waals surface area (Å²) in [5.41, 5.74) is 0.915. The Balaban J connectivity index is 1.85. The van der Waals surface area contributed by atoms with Gasteiger partial charge >= 0.3 is 11.9 Å². The molecule has 0 saturated carbocycles. The summed E-state index contributed by atoms with van der Waals surface area (Å²) in [6.45, 7) is 12.8. The average Bonchev–Trinajstić information content (AvgIpc) is 2.85. The van der Waals surface area contributed by atoms with Gasteiger partial charge in [0, 0.05) is 23.4 Å². The molecule has 6 heteroatoms. The molecule has 0 aromatic heterocycles. The molecule has 0 bridgehead atoms. The third-order valence-corrected chi connectivity index (χ3v) is 7.77. The van der Waals surface area contributed by atoms with Crippen molar-refractivity contribution in [3.05, 3.63) is 71.3 Å². The molecule has 1 fully saturated rings. The van der Waals surface area contributed by atoms with Gasteiger partial charge in [-0.3, -0.25) is 4.84 Å². The number of carboxylic acid groups (broad SMARTS) is 1. The van der Waals surface area contributed by atoms with Crippen LogP contribution in [0.5, 0.6) is 0 Å². The molecule has 1 N–H and O–H groups in total. The van der Waals surface area contributed by atoms with E-state index in [1.165, 1.54) is 24.3 Å². The van der Waals surface area contributed by atoms with Gasteiger partial charge in [-0.1, -0.05) is 51.1 Å². The lowest BCUT2D eigenvalue weighted by atomic mass is 9.69. The number of aromatic carboxylic acids is 1. The Morgan fingerprint density at radius 2 is 1.62 bits per heavy atom. The zero-order valence-corrected chi connectivity index (χ0v) is 21.1. The second-order valence-electron chi connectivity index (χ2n) is 9.83. The molecule has 0 aliphatic carbocycles. The highest BCUT2D eigenvalue weighted by Crippen LogP contribution is 2.48. The van der Waals surface area contributed by atoms with Gasteiger partial charge in [-0.05, 0) is 63.4 Å². The highest BCUT2D eigenvalue weighted by Gasteiger charge is 2.55. The molecule has 0 amide bonds. The van der Waals surface area contributed by atoms with E-state index >= 15 is 0 Å². The fourth-order valence-corrected chi connectivity index (χ4v) is 4.94. The number of carbonyl (C=O) groups excluding carboxylic acids is 1. The fraction of sp³-hybridized carbons (Fsp3) is 0.500. The number of esters is 1. The molecule has 34 heavy (non-hydrogen) atoms. The van der Waals surface area contributed by atoms with Gasteiger partial charge in [0.05, 0.1) is 11.1 Å². The smallest absolute Gasteiger partial charge is 0.338 e.